The lowest BCUT2D eigenvalue weighted by Gasteiger charge is -2.28. The molecule has 1 saturated heterocycles. The molecule has 22 heavy (non-hydrogen) atoms. The quantitative estimate of drug-likeness (QED) is 0.820. The van der Waals surface area contributed by atoms with Crippen LogP contribution in [0.15, 0.2) is 42.5 Å². The van der Waals surface area contributed by atoms with Gasteiger partial charge in [0, 0.05) is 12.1 Å². The molecule has 0 spiro atoms. The lowest BCUT2D eigenvalue weighted by atomic mass is 10.00. The molecule has 4 heteroatoms. The van der Waals surface area contributed by atoms with Crippen molar-refractivity contribution in [1.82, 2.24) is 0 Å². The zero-order valence-corrected chi connectivity index (χ0v) is 12.3. The Balaban J connectivity index is 2.08. The summed E-state index contributed by atoms with van der Waals surface area (Å²) in [7, 11) is 0. The van der Waals surface area contributed by atoms with Gasteiger partial charge in [-0.1, -0.05) is 31.2 Å². The first-order valence-electron chi connectivity index (χ1n) is 7.31. The van der Waals surface area contributed by atoms with Gasteiger partial charge in [0.25, 0.3) is 0 Å². The number of benzene rings is 2. The van der Waals surface area contributed by atoms with Crippen molar-refractivity contribution in [3.63, 3.8) is 0 Å². The summed E-state index contributed by atoms with van der Waals surface area (Å²) >= 11 is 0. The van der Waals surface area contributed by atoms with Gasteiger partial charge >= 0.3 is 0 Å². The summed E-state index contributed by atoms with van der Waals surface area (Å²) in [6.45, 7) is 2.76. The standard InChI is InChI=1S/C18H16F2N2/c1-12-9-18(13-5-2-3-6-15(13)19)22(11-12)17-8-4-7-16(20)14(17)10-21/h2-8,12,18H,9,11H2,1H3. The first kappa shape index (κ1) is 14.5. The fraction of sp³-hybridized carbons (Fsp3) is 0.278. The average Bonchev–Trinajstić information content (AvgIpc) is 2.89. The number of nitriles is 1. The van der Waals surface area contributed by atoms with Gasteiger partial charge in [-0.05, 0) is 30.5 Å². The molecule has 2 aromatic rings. The Morgan fingerprint density at radius 3 is 2.55 bits per heavy atom. The summed E-state index contributed by atoms with van der Waals surface area (Å²) in [4.78, 5) is 1.95. The first-order chi connectivity index (χ1) is 10.6. The topological polar surface area (TPSA) is 27.0 Å². The largest absolute Gasteiger partial charge is 0.363 e. The Kier molecular flexibility index (Phi) is 3.81. The number of rotatable bonds is 2. The molecule has 0 aliphatic carbocycles. The molecule has 1 heterocycles. The maximum atomic E-state index is 14.2. The van der Waals surface area contributed by atoms with E-state index in [1.165, 1.54) is 12.1 Å². The van der Waals surface area contributed by atoms with Gasteiger partial charge in [0.15, 0.2) is 0 Å². The fourth-order valence-electron chi connectivity index (χ4n) is 3.22. The molecule has 3 rings (SSSR count). The Morgan fingerprint density at radius 1 is 1.09 bits per heavy atom. The van der Waals surface area contributed by atoms with Crippen LogP contribution in [0.25, 0.3) is 0 Å². The summed E-state index contributed by atoms with van der Waals surface area (Å²) in [5.74, 6) is -0.451. The maximum absolute atomic E-state index is 14.2. The molecule has 1 fully saturated rings. The highest BCUT2D eigenvalue weighted by atomic mass is 19.1. The van der Waals surface area contributed by atoms with Gasteiger partial charge in [-0.2, -0.15) is 5.26 Å². The summed E-state index contributed by atoms with van der Waals surface area (Å²) in [5.41, 5.74) is 1.16. The normalized spacial score (nSPS) is 20.9. The molecular formula is C18H16F2N2. The second kappa shape index (κ2) is 5.76. The van der Waals surface area contributed by atoms with E-state index in [1.54, 1.807) is 30.3 Å². The highest BCUT2D eigenvalue weighted by Gasteiger charge is 2.34. The first-order valence-corrected chi connectivity index (χ1v) is 7.31. The van der Waals surface area contributed by atoms with Crippen molar-refractivity contribution in [1.29, 1.82) is 5.26 Å². The van der Waals surface area contributed by atoms with E-state index in [1.807, 2.05) is 11.0 Å². The van der Waals surface area contributed by atoms with E-state index in [-0.39, 0.29) is 17.4 Å². The third kappa shape index (κ3) is 2.43. The molecule has 0 saturated carbocycles. The van der Waals surface area contributed by atoms with Crippen molar-refractivity contribution in [2.24, 2.45) is 5.92 Å². The molecule has 1 aliphatic heterocycles. The van der Waals surface area contributed by atoms with Crippen LogP contribution in [0, 0.1) is 28.9 Å². The van der Waals surface area contributed by atoms with Crippen molar-refractivity contribution in [3.8, 4) is 6.07 Å². The molecule has 0 amide bonds. The molecule has 2 unspecified atom stereocenters. The number of anilines is 1. The number of halogens is 2. The fourth-order valence-corrected chi connectivity index (χ4v) is 3.22. The Morgan fingerprint density at radius 2 is 1.82 bits per heavy atom. The van der Waals surface area contributed by atoms with E-state index in [9.17, 15) is 14.0 Å². The van der Waals surface area contributed by atoms with Crippen molar-refractivity contribution in [2.75, 3.05) is 11.4 Å². The molecule has 0 aromatic heterocycles. The second-order valence-corrected chi connectivity index (χ2v) is 5.78. The van der Waals surface area contributed by atoms with Gasteiger partial charge < -0.3 is 4.90 Å². The van der Waals surface area contributed by atoms with E-state index < -0.39 is 5.82 Å². The van der Waals surface area contributed by atoms with Crippen LogP contribution < -0.4 is 4.90 Å². The van der Waals surface area contributed by atoms with Crippen LogP contribution in [-0.4, -0.2) is 6.54 Å². The van der Waals surface area contributed by atoms with Gasteiger partial charge in [-0.15, -0.1) is 0 Å². The molecule has 0 bridgehead atoms. The highest BCUT2D eigenvalue weighted by molar-refractivity contribution is 5.62. The average molecular weight is 298 g/mol. The van der Waals surface area contributed by atoms with E-state index in [4.69, 9.17) is 0 Å². The monoisotopic (exact) mass is 298 g/mol. The minimum absolute atomic E-state index is 0.0259. The Bertz CT molecular complexity index is 736. The van der Waals surface area contributed by atoms with Crippen molar-refractivity contribution in [3.05, 3.63) is 65.2 Å². The molecule has 112 valence electrons. The van der Waals surface area contributed by atoms with E-state index >= 15 is 0 Å². The van der Waals surface area contributed by atoms with Crippen molar-refractivity contribution >= 4 is 5.69 Å². The van der Waals surface area contributed by atoms with E-state index in [0.717, 1.165) is 6.42 Å². The third-order valence-corrected chi connectivity index (χ3v) is 4.19. The van der Waals surface area contributed by atoms with E-state index in [2.05, 4.69) is 6.92 Å². The van der Waals surface area contributed by atoms with Crippen LogP contribution in [0.1, 0.15) is 30.5 Å². The van der Waals surface area contributed by atoms with Crippen LogP contribution >= 0.6 is 0 Å². The zero-order chi connectivity index (χ0) is 15.7. The van der Waals surface area contributed by atoms with Gasteiger partial charge in [-0.3, -0.25) is 0 Å². The molecule has 0 N–H and O–H groups in total. The van der Waals surface area contributed by atoms with Gasteiger partial charge in [0.05, 0.1) is 11.7 Å². The molecule has 0 radical (unpaired) electrons. The van der Waals surface area contributed by atoms with Gasteiger partial charge in [0.2, 0.25) is 0 Å². The molecular weight excluding hydrogens is 282 g/mol. The minimum Gasteiger partial charge on any atom is -0.363 e. The van der Waals surface area contributed by atoms with Gasteiger partial charge in [-0.25, -0.2) is 8.78 Å². The summed E-state index contributed by atoms with van der Waals surface area (Å²) in [6.07, 6.45) is 0.780. The lowest BCUT2D eigenvalue weighted by molar-refractivity contribution is 0.563. The predicted molar refractivity (Wildman–Crippen MR) is 81.4 cm³/mol. The third-order valence-electron chi connectivity index (χ3n) is 4.19. The highest BCUT2D eigenvalue weighted by Crippen LogP contribution is 2.41. The van der Waals surface area contributed by atoms with Crippen molar-refractivity contribution < 1.29 is 8.78 Å². The van der Waals surface area contributed by atoms with Crippen LogP contribution in [-0.2, 0) is 0 Å². The zero-order valence-electron chi connectivity index (χ0n) is 12.3. The maximum Gasteiger partial charge on any atom is 0.143 e. The summed E-state index contributed by atoms with van der Waals surface area (Å²) < 4.78 is 28.0. The number of hydrogen-bond acceptors (Lipinski definition) is 2. The van der Waals surface area contributed by atoms with Crippen LogP contribution in [0.2, 0.25) is 0 Å². The van der Waals surface area contributed by atoms with Crippen LogP contribution in [0.3, 0.4) is 0 Å². The summed E-state index contributed by atoms with van der Waals surface area (Å²) in [6, 6.07) is 13.0. The molecule has 2 nitrogen and oxygen atoms in total. The molecule has 2 aromatic carbocycles. The molecule has 2 atom stereocenters. The lowest BCUT2D eigenvalue weighted by Crippen LogP contribution is -2.25. The number of hydrogen-bond donors (Lipinski definition) is 0. The SMILES string of the molecule is CC1CC(c2ccccc2F)N(c2cccc(F)c2C#N)C1. The second-order valence-electron chi connectivity index (χ2n) is 5.78. The summed E-state index contributed by atoms with van der Waals surface area (Å²) in [5, 5.41) is 9.25. The van der Waals surface area contributed by atoms with E-state index in [0.29, 0.717) is 23.7 Å². The van der Waals surface area contributed by atoms with Crippen LogP contribution in [0.4, 0.5) is 14.5 Å². The van der Waals surface area contributed by atoms with Gasteiger partial charge in [0.1, 0.15) is 23.3 Å². The Labute approximate surface area is 128 Å². The smallest absolute Gasteiger partial charge is 0.143 e. The molecule has 1 aliphatic rings. The Hall–Kier alpha value is -2.41. The predicted octanol–water partition coefficient (Wildman–Crippen LogP) is 4.42. The minimum atomic E-state index is -0.535. The van der Waals surface area contributed by atoms with Crippen LogP contribution in [0.5, 0.6) is 0 Å². The van der Waals surface area contributed by atoms with Crippen molar-refractivity contribution in [2.45, 2.75) is 19.4 Å². The number of nitrogens with zero attached hydrogens (tertiary/aromatic N) is 2.